The van der Waals surface area contributed by atoms with Crippen molar-refractivity contribution in [2.75, 3.05) is 20.8 Å². The highest BCUT2D eigenvalue weighted by atomic mass is 28.4. The molecule has 8 heteroatoms. The van der Waals surface area contributed by atoms with Gasteiger partial charge in [-0.15, -0.1) is 0 Å². The predicted molar refractivity (Wildman–Crippen MR) is 123 cm³/mol. The number of carbonyl (C=O) groups is 2. The first kappa shape index (κ1) is 24.3. The van der Waals surface area contributed by atoms with E-state index in [1.54, 1.807) is 20.3 Å². The van der Waals surface area contributed by atoms with Crippen LogP contribution in [0.2, 0.25) is 18.1 Å². The summed E-state index contributed by atoms with van der Waals surface area (Å²) >= 11 is 0. The fourth-order valence-electron chi connectivity index (χ4n) is 3.89. The highest BCUT2D eigenvalue weighted by Gasteiger charge is 2.53. The van der Waals surface area contributed by atoms with Crippen molar-refractivity contribution in [3.8, 4) is 17.2 Å². The Morgan fingerprint density at radius 3 is 2.28 bits per heavy atom. The van der Waals surface area contributed by atoms with Gasteiger partial charge in [0.05, 0.1) is 14.2 Å². The molecule has 1 aromatic rings. The molecule has 0 aliphatic carbocycles. The molecule has 0 radical (unpaired) electrons. The Balaban J connectivity index is 2.05. The second-order valence-electron chi connectivity index (χ2n) is 9.98. The van der Waals surface area contributed by atoms with Crippen molar-refractivity contribution in [2.24, 2.45) is 0 Å². The smallest absolute Gasteiger partial charge is 0.302 e. The number of ketones is 1. The second-order valence-corrected chi connectivity index (χ2v) is 14.7. The Morgan fingerprint density at radius 2 is 1.78 bits per heavy atom. The quantitative estimate of drug-likeness (QED) is 0.439. The van der Waals surface area contributed by atoms with Gasteiger partial charge in [0.15, 0.2) is 23.0 Å². The zero-order chi connectivity index (χ0) is 23.9. The van der Waals surface area contributed by atoms with Gasteiger partial charge in [-0.3, -0.25) is 9.59 Å². The van der Waals surface area contributed by atoms with Gasteiger partial charge in [0.2, 0.25) is 0 Å². The molecule has 0 N–H and O–H groups in total. The summed E-state index contributed by atoms with van der Waals surface area (Å²) in [5.41, 5.74) is -0.0440. The molecule has 0 saturated carbocycles. The SMILES string of the molecule is COc1cc([C@@H]2C[C@H]3O[C@]2(COC(C)=O)C=CC3=O)cc(OC)c1O[Si](C)(C)C(C)(C)C. The van der Waals surface area contributed by atoms with Crippen LogP contribution in [0.4, 0.5) is 0 Å². The van der Waals surface area contributed by atoms with E-state index < -0.39 is 26.0 Å². The maximum atomic E-state index is 12.3. The third-order valence-electron chi connectivity index (χ3n) is 6.80. The number of methoxy groups -OCH3 is 2. The average Bonchev–Trinajstić information content (AvgIpc) is 3.03. The minimum Gasteiger partial charge on any atom is -0.539 e. The molecule has 1 saturated heterocycles. The largest absolute Gasteiger partial charge is 0.539 e. The Hall–Kier alpha value is -2.32. The van der Waals surface area contributed by atoms with Crippen LogP contribution in [0, 0.1) is 0 Å². The van der Waals surface area contributed by atoms with E-state index in [4.69, 9.17) is 23.4 Å². The molecule has 3 atom stereocenters. The first-order valence-electron chi connectivity index (χ1n) is 10.8. The van der Waals surface area contributed by atoms with E-state index in [0.717, 1.165) is 5.56 Å². The van der Waals surface area contributed by atoms with Crippen LogP contribution in [-0.4, -0.2) is 52.6 Å². The predicted octanol–water partition coefficient (Wildman–Crippen LogP) is 4.40. The zero-order valence-electron chi connectivity index (χ0n) is 20.2. The lowest BCUT2D eigenvalue weighted by atomic mass is 9.82. The van der Waals surface area contributed by atoms with E-state index in [1.807, 2.05) is 12.1 Å². The maximum Gasteiger partial charge on any atom is 0.302 e. The van der Waals surface area contributed by atoms with Crippen molar-refractivity contribution in [2.45, 2.75) is 69.9 Å². The molecular formula is C24H34O7Si. The molecule has 2 bridgehead atoms. The van der Waals surface area contributed by atoms with Gasteiger partial charge in [0.25, 0.3) is 8.32 Å². The fourth-order valence-corrected chi connectivity index (χ4v) is 4.91. The van der Waals surface area contributed by atoms with Crippen LogP contribution in [-0.2, 0) is 19.1 Å². The van der Waals surface area contributed by atoms with Crippen LogP contribution < -0.4 is 13.9 Å². The van der Waals surface area contributed by atoms with Gasteiger partial charge in [0.1, 0.15) is 18.3 Å². The summed E-state index contributed by atoms with van der Waals surface area (Å²) in [6.07, 6.45) is 3.15. The van der Waals surface area contributed by atoms with Crippen LogP contribution in [0.15, 0.2) is 24.3 Å². The third-order valence-corrected chi connectivity index (χ3v) is 11.1. The van der Waals surface area contributed by atoms with Crippen molar-refractivity contribution in [1.29, 1.82) is 0 Å². The van der Waals surface area contributed by atoms with Crippen molar-refractivity contribution < 1.29 is 33.0 Å². The summed E-state index contributed by atoms with van der Waals surface area (Å²) in [6.45, 7) is 12.2. The first-order valence-corrected chi connectivity index (χ1v) is 13.7. The van der Waals surface area contributed by atoms with E-state index in [0.29, 0.717) is 23.7 Å². The molecule has 0 spiro atoms. The number of fused-ring (bicyclic) bond motifs is 2. The molecule has 0 amide bonds. The highest BCUT2D eigenvalue weighted by Crippen LogP contribution is 2.51. The summed E-state index contributed by atoms with van der Waals surface area (Å²) < 4.78 is 29.4. The summed E-state index contributed by atoms with van der Waals surface area (Å²) in [7, 11) is 1.03. The molecular weight excluding hydrogens is 428 g/mol. The molecule has 1 aromatic carbocycles. The Kier molecular flexibility index (Phi) is 6.50. The normalized spacial score (nSPS) is 24.9. The van der Waals surface area contributed by atoms with Gasteiger partial charge < -0.3 is 23.4 Å². The summed E-state index contributed by atoms with van der Waals surface area (Å²) in [6, 6.07) is 3.82. The number of rotatable bonds is 7. The van der Waals surface area contributed by atoms with E-state index >= 15 is 0 Å². The van der Waals surface area contributed by atoms with Crippen molar-refractivity contribution in [3.63, 3.8) is 0 Å². The van der Waals surface area contributed by atoms with Crippen molar-refractivity contribution in [3.05, 3.63) is 29.8 Å². The molecule has 0 aromatic heterocycles. The van der Waals surface area contributed by atoms with Crippen LogP contribution >= 0.6 is 0 Å². The van der Waals surface area contributed by atoms with Crippen LogP contribution in [0.5, 0.6) is 17.2 Å². The van der Waals surface area contributed by atoms with E-state index in [2.05, 4.69) is 33.9 Å². The minimum absolute atomic E-state index is 0.00268. The van der Waals surface area contributed by atoms with Gasteiger partial charge in [0, 0.05) is 12.8 Å². The van der Waals surface area contributed by atoms with Crippen molar-refractivity contribution >= 4 is 20.1 Å². The molecule has 32 heavy (non-hydrogen) atoms. The lowest BCUT2D eigenvalue weighted by molar-refractivity contribution is -0.151. The summed E-state index contributed by atoms with van der Waals surface area (Å²) in [5.74, 6) is 0.991. The first-order chi connectivity index (χ1) is 14.8. The topological polar surface area (TPSA) is 80.3 Å². The summed E-state index contributed by atoms with van der Waals surface area (Å²) in [4.78, 5) is 23.8. The molecule has 0 unspecified atom stereocenters. The number of carbonyl (C=O) groups excluding carboxylic acids is 2. The number of hydrogen-bond acceptors (Lipinski definition) is 7. The molecule has 7 nitrogen and oxygen atoms in total. The number of hydrogen-bond donors (Lipinski definition) is 0. The van der Waals surface area contributed by atoms with Gasteiger partial charge in [-0.05, 0) is 54.4 Å². The fraction of sp³-hybridized carbons (Fsp3) is 0.583. The molecule has 3 rings (SSSR count). The maximum absolute atomic E-state index is 12.3. The second kappa shape index (κ2) is 8.55. The number of benzene rings is 1. The molecule has 2 heterocycles. The van der Waals surface area contributed by atoms with Crippen molar-refractivity contribution in [1.82, 2.24) is 0 Å². The summed E-state index contributed by atoms with van der Waals surface area (Å²) in [5, 5.41) is -0.00268. The van der Waals surface area contributed by atoms with Crippen LogP contribution in [0.1, 0.15) is 45.6 Å². The monoisotopic (exact) mass is 462 g/mol. The Labute approximate surface area is 191 Å². The van der Waals surface area contributed by atoms with Crippen LogP contribution in [0.3, 0.4) is 0 Å². The number of ether oxygens (including phenoxy) is 4. The minimum atomic E-state index is -2.16. The highest BCUT2D eigenvalue weighted by molar-refractivity contribution is 6.74. The van der Waals surface area contributed by atoms with Gasteiger partial charge in [-0.25, -0.2) is 0 Å². The van der Waals surface area contributed by atoms with E-state index in [1.165, 1.54) is 13.0 Å². The van der Waals surface area contributed by atoms with Gasteiger partial charge >= 0.3 is 5.97 Å². The third kappa shape index (κ3) is 4.43. The number of esters is 1. The Bertz CT molecular complexity index is 906. The lowest BCUT2D eigenvalue weighted by Gasteiger charge is -2.37. The molecule has 2 aliphatic heterocycles. The van der Waals surface area contributed by atoms with E-state index in [9.17, 15) is 9.59 Å². The molecule has 176 valence electrons. The average molecular weight is 463 g/mol. The van der Waals surface area contributed by atoms with E-state index in [-0.39, 0.29) is 23.3 Å². The van der Waals surface area contributed by atoms with Gasteiger partial charge in [-0.1, -0.05) is 20.8 Å². The lowest BCUT2D eigenvalue weighted by Crippen LogP contribution is -2.44. The Morgan fingerprint density at radius 1 is 1.19 bits per heavy atom. The molecule has 2 aliphatic rings. The van der Waals surface area contributed by atoms with Crippen LogP contribution in [0.25, 0.3) is 0 Å². The zero-order valence-corrected chi connectivity index (χ0v) is 21.2. The standard InChI is InChI=1S/C24H34O7Si/c1-15(25)29-14-24-10-9-18(26)19(30-24)13-17(24)16-11-20(27-5)22(21(12-16)28-6)31-32(7,8)23(2,3)4/h9-12,17,19H,13-14H2,1-8H3/t17-,19+,24-/m0/s1. The van der Waals surface area contributed by atoms with Gasteiger partial charge in [-0.2, -0.15) is 0 Å². The molecule has 1 fully saturated rings.